The van der Waals surface area contributed by atoms with Crippen molar-refractivity contribution in [2.75, 3.05) is 0 Å². The van der Waals surface area contributed by atoms with Crippen LogP contribution in [0.2, 0.25) is 0 Å². The first-order chi connectivity index (χ1) is 21.8. The van der Waals surface area contributed by atoms with Crippen LogP contribution in [0, 0.1) is 0 Å². The molecule has 9 aromatic rings. The zero-order valence-corrected chi connectivity index (χ0v) is 25.5. The van der Waals surface area contributed by atoms with E-state index in [9.17, 15) is 0 Å². The van der Waals surface area contributed by atoms with Crippen molar-refractivity contribution >= 4 is 63.0 Å². The average molecular weight is 595 g/mol. The van der Waals surface area contributed by atoms with E-state index in [2.05, 4.69) is 158 Å². The maximum atomic E-state index is 2.42. The van der Waals surface area contributed by atoms with Crippen LogP contribution in [0.15, 0.2) is 158 Å². The molecule has 0 nitrogen and oxygen atoms in total. The van der Waals surface area contributed by atoms with Crippen molar-refractivity contribution in [1.29, 1.82) is 0 Å². The summed E-state index contributed by atoms with van der Waals surface area (Å²) in [7, 11) is 0. The molecule has 0 aliphatic carbocycles. The molecule has 0 amide bonds. The van der Waals surface area contributed by atoms with E-state index < -0.39 is 0 Å². The zero-order valence-electron chi connectivity index (χ0n) is 23.8. The lowest BCUT2D eigenvalue weighted by Crippen LogP contribution is -1.80. The van der Waals surface area contributed by atoms with Gasteiger partial charge < -0.3 is 0 Å². The molecule has 7 aromatic carbocycles. The molecule has 0 spiro atoms. The van der Waals surface area contributed by atoms with Crippen LogP contribution in [-0.2, 0) is 0 Å². The highest BCUT2D eigenvalue weighted by Crippen LogP contribution is 2.43. The van der Waals surface area contributed by atoms with E-state index in [1.807, 2.05) is 22.7 Å². The minimum Gasteiger partial charge on any atom is -0.135 e. The van der Waals surface area contributed by atoms with Crippen molar-refractivity contribution in [3.8, 4) is 44.5 Å². The van der Waals surface area contributed by atoms with Crippen molar-refractivity contribution in [3.05, 3.63) is 158 Å². The summed E-state index contributed by atoms with van der Waals surface area (Å²) >= 11 is 3.79. The van der Waals surface area contributed by atoms with Crippen LogP contribution >= 0.6 is 22.7 Å². The highest BCUT2D eigenvalue weighted by Gasteiger charge is 2.13. The molecule has 0 saturated heterocycles. The summed E-state index contributed by atoms with van der Waals surface area (Å²) in [5, 5.41) is 5.38. The first-order valence-corrected chi connectivity index (χ1v) is 16.5. The first-order valence-electron chi connectivity index (χ1n) is 14.9. The molecule has 44 heavy (non-hydrogen) atoms. The Bertz CT molecular complexity index is 2270. The highest BCUT2D eigenvalue weighted by molar-refractivity contribution is 7.27. The predicted octanol–water partition coefficient (Wildman–Crippen LogP) is 13.1. The second-order valence-electron chi connectivity index (χ2n) is 11.4. The third-order valence-electron chi connectivity index (χ3n) is 8.71. The van der Waals surface area contributed by atoms with Crippen LogP contribution in [0.5, 0.6) is 0 Å². The Hall–Kier alpha value is -5.02. The number of benzene rings is 7. The molecule has 0 aliphatic rings. The fraction of sp³-hybridized carbons (Fsp3) is 0. The summed E-state index contributed by atoms with van der Waals surface area (Å²) in [6.45, 7) is 0. The van der Waals surface area contributed by atoms with E-state index in [1.54, 1.807) is 0 Å². The largest absolute Gasteiger partial charge is 0.135 e. The quantitative estimate of drug-likeness (QED) is 0.190. The third-order valence-corrected chi connectivity index (χ3v) is 11.0. The first kappa shape index (κ1) is 25.5. The molecule has 2 heterocycles. The second kappa shape index (κ2) is 10.3. The number of fused-ring (bicyclic) bond motifs is 6. The number of thiophene rings is 2. The molecule has 0 aliphatic heterocycles. The lowest BCUT2D eigenvalue weighted by Gasteiger charge is -2.06. The molecule has 0 atom stereocenters. The Morgan fingerprint density at radius 2 is 0.523 bits per heavy atom. The molecule has 0 saturated carbocycles. The third kappa shape index (κ3) is 4.34. The molecule has 0 bridgehead atoms. The normalized spacial score (nSPS) is 11.6. The summed E-state index contributed by atoms with van der Waals surface area (Å²) in [5.41, 5.74) is 10.0. The van der Waals surface area contributed by atoms with Gasteiger partial charge in [0.1, 0.15) is 0 Å². The van der Waals surface area contributed by atoms with Gasteiger partial charge >= 0.3 is 0 Å². The standard InChI is InChI=1S/C42H26S2/c1-3-7-27(8-4-1)29-11-15-31(16-12-29)33-19-21-39-35(23-33)37-25-42-38(26-41(37)43-39)36-24-34(20-22-40(36)44-42)32-17-13-30(14-18-32)28-9-5-2-6-10-28/h1-26H. The van der Waals surface area contributed by atoms with E-state index >= 15 is 0 Å². The van der Waals surface area contributed by atoms with Gasteiger partial charge in [0.05, 0.1) is 0 Å². The van der Waals surface area contributed by atoms with Gasteiger partial charge in [-0.25, -0.2) is 0 Å². The van der Waals surface area contributed by atoms with Crippen molar-refractivity contribution in [2.45, 2.75) is 0 Å². The van der Waals surface area contributed by atoms with Gasteiger partial charge in [-0.3, -0.25) is 0 Å². The topological polar surface area (TPSA) is 0 Å². The number of rotatable bonds is 4. The molecular formula is C42H26S2. The molecule has 0 unspecified atom stereocenters. The van der Waals surface area contributed by atoms with Gasteiger partial charge in [0.25, 0.3) is 0 Å². The van der Waals surface area contributed by atoms with E-state index in [0.29, 0.717) is 0 Å². The Labute approximate surface area is 264 Å². The molecule has 2 heteroatoms. The summed E-state index contributed by atoms with van der Waals surface area (Å²) < 4.78 is 5.37. The number of hydrogen-bond acceptors (Lipinski definition) is 2. The van der Waals surface area contributed by atoms with Gasteiger partial charge in [-0.1, -0.05) is 121 Å². The van der Waals surface area contributed by atoms with Crippen LogP contribution in [0.25, 0.3) is 84.9 Å². The van der Waals surface area contributed by atoms with Gasteiger partial charge in [-0.05, 0) is 80.9 Å². The molecule has 9 rings (SSSR count). The fourth-order valence-corrected chi connectivity index (χ4v) is 8.59. The summed E-state index contributed by atoms with van der Waals surface area (Å²) in [5.74, 6) is 0. The van der Waals surface area contributed by atoms with Crippen LogP contribution < -0.4 is 0 Å². The summed E-state index contributed by atoms with van der Waals surface area (Å²) in [4.78, 5) is 0. The molecule has 0 N–H and O–H groups in total. The van der Waals surface area contributed by atoms with Gasteiger partial charge in [-0.2, -0.15) is 0 Å². The van der Waals surface area contributed by atoms with Gasteiger partial charge in [-0.15, -0.1) is 22.7 Å². The highest BCUT2D eigenvalue weighted by atomic mass is 32.1. The van der Waals surface area contributed by atoms with Crippen LogP contribution in [-0.4, -0.2) is 0 Å². The van der Waals surface area contributed by atoms with Gasteiger partial charge in [0.2, 0.25) is 0 Å². The maximum absolute atomic E-state index is 2.42. The van der Waals surface area contributed by atoms with Crippen molar-refractivity contribution in [2.24, 2.45) is 0 Å². The summed E-state index contributed by atoms with van der Waals surface area (Å²) in [6.07, 6.45) is 0. The molecule has 206 valence electrons. The van der Waals surface area contributed by atoms with Crippen molar-refractivity contribution in [3.63, 3.8) is 0 Å². The van der Waals surface area contributed by atoms with E-state index in [-0.39, 0.29) is 0 Å². The van der Waals surface area contributed by atoms with Crippen LogP contribution in [0.1, 0.15) is 0 Å². The van der Waals surface area contributed by atoms with Crippen molar-refractivity contribution in [1.82, 2.24) is 0 Å². The van der Waals surface area contributed by atoms with Gasteiger partial charge in [0.15, 0.2) is 0 Å². The molecular weight excluding hydrogens is 569 g/mol. The van der Waals surface area contributed by atoms with Crippen molar-refractivity contribution < 1.29 is 0 Å². The SMILES string of the molecule is c1ccc(-c2ccc(-c3ccc4sc5cc6c(cc5c4c3)sc3ccc(-c4ccc(-c5ccccc5)cc4)cc36)cc2)cc1. The Morgan fingerprint density at radius 1 is 0.227 bits per heavy atom. The van der Waals surface area contributed by atoms with Gasteiger partial charge in [0, 0.05) is 40.3 Å². The predicted molar refractivity (Wildman–Crippen MR) is 194 cm³/mol. The maximum Gasteiger partial charge on any atom is 0.0362 e. The minimum absolute atomic E-state index is 1.25. The Kier molecular flexibility index (Phi) is 5.97. The zero-order chi connectivity index (χ0) is 29.0. The minimum atomic E-state index is 1.25. The Balaban J connectivity index is 1.09. The smallest absolute Gasteiger partial charge is 0.0362 e. The molecule has 2 aromatic heterocycles. The monoisotopic (exact) mass is 594 g/mol. The van der Waals surface area contributed by atoms with E-state index in [1.165, 1.54) is 84.9 Å². The second-order valence-corrected chi connectivity index (χ2v) is 13.5. The average Bonchev–Trinajstić information content (AvgIpc) is 3.64. The molecule has 0 radical (unpaired) electrons. The number of hydrogen-bond donors (Lipinski definition) is 0. The lowest BCUT2D eigenvalue weighted by atomic mass is 9.98. The van der Waals surface area contributed by atoms with Crippen LogP contribution in [0.4, 0.5) is 0 Å². The Morgan fingerprint density at radius 3 is 0.909 bits per heavy atom. The summed E-state index contributed by atoms with van der Waals surface area (Å²) in [6, 6.07) is 57.8. The fourth-order valence-electron chi connectivity index (χ4n) is 6.38. The lowest BCUT2D eigenvalue weighted by molar-refractivity contribution is 1.60. The molecule has 0 fully saturated rings. The van der Waals surface area contributed by atoms with Crippen LogP contribution in [0.3, 0.4) is 0 Å². The van der Waals surface area contributed by atoms with E-state index in [4.69, 9.17) is 0 Å². The van der Waals surface area contributed by atoms with E-state index in [0.717, 1.165) is 0 Å².